The summed E-state index contributed by atoms with van der Waals surface area (Å²) in [5.41, 5.74) is 7.51. The first-order chi connectivity index (χ1) is 8.17. The van der Waals surface area contributed by atoms with E-state index in [1.165, 1.54) is 0 Å². The van der Waals surface area contributed by atoms with E-state index in [0.717, 1.165) is 18.4 Å². The number of aryl methyl sites for hydroxylation is 1. The Balaban J connectivity index is 2.39. The molecule has 0 radical (unpaired) electrons. The van der Waals surface area contributed by atoms with Gasteiger partial charge in [-0.2, -0.15) is 0 Å². The van der Waals surface area contributed by atoms with E-state index >= 15 is 0 Å². The smallest absolute Gasteiger partial charge is 0.495 e. The van der Waals surface area contributed by atoms with E-state index in [1.807, 2.05) is 25.1 Å². The standard InChI is InChI=1S/C12H19NO3P/c1-3-17(14)16-8-4-5-10-6-7-11(13)12(9-10)15-2/h6-7,9H,3-5,8,13H2,1-2H3/q+1. The van der Waals surface area contributed by atoms with Gasteiger partial charge in [-0.3, -0.25) is 0 Å². The first-order valence-electron chi connectivity index (χ1n) is 5.67. The van der Waals surface area contributed by atoms with E-state index in [4.69, 9.17) is 15.0 Å². The van der Waals surface area contributed by atoms with Crippen molar-refractivity contribution in [3.05, 3.63) is 23.8 Å². The Bertz CT molecular complexity index is 382. The van der Waals surface area contributed by atoms with E-state index in [1.54, 1.807) is 7.11 Å². The number of hydrogen-bond donors (Lipinski definition) is 1. The zero-order valence-electron chi connectivity index (χ0n) is 10.3. The monoisotopic (exact) mass is 256 g/mol. The van der Waals surface area contributed by atoms with Gasteiger partial charge in [-0.05, 0) is 42.0 Å². The van der Waals surface area contributed by atoms with Gasteiger partial charge in [0.15, 0.2) is 6.16 Å². The molecule has 1 unspecified atom stereocenters. The molecular formula is C12H19NO3P+. The van der Waals surface area contributed by atoms with E-state index in [0.29, 0.717) is 24.2 Å². The Morgan fingerprint density at radius 3 is 2.82 bits per heavy atom. The van der Waals surface area contributed by atoms with Crippen LogP contribution in [0.3, 0.4) is 0 Å². The zero-order chi connectivity index (χ0) is 12.7. The predicted octanol–water partition coefficient (Wildman–Crippen LogP) is 2.99. The number of nitrogens with two attached hydrogens (primary N) is 1. The quantitative estimate of drug-likeness (QED) is 0.463. The Morgan fingerprint density at radius 1 is 1.41 bits per heavy atom. The van der Waals surface area contributed by atoms with Gasteiger partial charge < -0.3 is 10.5 Å². The lowest BCUT2D eigenvalue weighted by atomic mass is 10.1. The molecule has 0 saturated carbocycles. The van der Waals surface area contributed by atoms with Gasteiger partial charge in [0.25, 0.3) is 0 Å². The van der Waals surface area contributed by atoms with E-state index in [2.05, 4.69) is 0 Å². The minimum absolute atomic E-state index is 0.524. The molecule has 0 aromatic heterocycles. The maximum atomic E-state index is 11.1. The van der Waals surface area contributed by atoms with Crippen LogP contribution in [-0.4, -0.2) is 19.9 Å². The fraction of sp³-hybridized carbons (Fsp3) is 0.500. The number of anilines is 1. The van der Waals surface area contributed by atoms with E-state index in [-0.39, 0.29) is 0 Å². The molecule has 0 aliphatic carbocycles. The molecule has 0 saturated heterocycles. The highest BCUT2D eigenvalue weighted by Gasteiger charge is 2.11. The molecule has 0 spiro atoms. The molecule has 5 heteroatoms. The molecule has 1 aromatic rings. The van der Waals surface area contributed by atoms with Crippen LogP contribution in [0.1, 0.15) is 18.9 Å². The van der Waals surface area contributed by atoms with E-state index < -0.39 is 8.03 Å². The number of nitrogen functional groups attached to an aromatic ring is 1. The Morgan fingerprint density at radius 2 is 2.18 bits per heavy atom. The fourth-order valence-corrected chi connectivity index (χ4v) is 1.96. The van der Waals surface area contributed by atoms with Gasteiger partial charge in [-0.25, -0.2) is 0 Å². The molecule has 1 rings (SSSR count). The maximum absolute atomic E-state index is 11.1. The summed E-state index contributed by atoms with van der Waals surface area (Å²) >= 11 is 0. The van der Waals surface area contributed by atoms with Crippen molar-refractivity contribution in [3.8, 4) is 5.75 Å². The molecule has 0 bridgehead atoms. The average Bonchev–Trinajstić information content (AvgIpc) is 2.36. The van der Waals surface area contributed by atoms with Crippen LogP contribution in [0.4, 0.5) is 5.69 Å². The van der Waals surface area contributed by atoms with Gasteiger partial charge >= 0.3 is 8.03 Å². The minimum Gasteiger partial charge on any atom is -0.495 e. The normalized spacial score (nSPS) is 11.3. The summed E-state index contributed by atoms with van der Waals surface area (Å²) in [5.74, 6) is 0.697. The van der Waals surface area contributed by atoms with Crippen LogP contribution in [0.15, 0.2) is 18.2 Å². The second-order valence-corrected chi connectivity index (χ2v) is 5.22. The molecule has 0 aliphatic rings. The van der Waals surface area contributed by atoms with Crippen LogP contribution < -0.4 is 10.5 Å². The molecule has 0 amide bonds. The third-order valence-electron chi connectivity index (χ3n) is 2.40. The molecular weight excluding hydrogens is 237 g/mol. The van der Waals surface area contributed by atoms with Crippen LogP contribution >= 0.6 is 8.03 Å². The molecule has 94 valence electrons. The predicted molar refractivity (Wildman–Crippen MR) is 69.8 cm³/mol. The Hall–Kier alpha value is -1.12. The number of benzene rings is 1. The molecule has 0 heterocycles. The number of hydrogen-bond acceptors (Lipinski definition) is 4. The zero-order valence-corrected chi connectivity index (χ0v) is 11.2. The van der Waals surface area contributed by atoms with Crippen LogP contribution in [0.25, 0.3) is 0 Å². The minimum atomic E-state index is -1.47. The van der Waals surface area contributed by atoms with Crippen molar-refractivity contribution in [2.24, 2.45) is 0 Å². The Kier molecular flexibility index (Phi) is 5.95. The molecule has 0 fully saturated rings. The summed E-state index contributed by atoms with van der Waals surface area (Å²) < 4.78 is 21.3. The lowest BCUT2D eigenvalue weighted by molar-refractivity contribution is 0.323. The second kappa shape index (κ2) is 7.25. The van der Waals surface area contributed by atoms with Crippen molar-refractivity contribution >= 4 is 13.7 Å². The number of methoxy groups -OCH3 is 1. The van der Waals surface area contributed by atoms with E-state index in [9.17, 15) is 4.57 Å². The highest BCUT2D eigenvalue weighted by atomic mass is 31.1. The van der Waals surface area contributed by atoms with Crippen molar-refractivity contribution in [3.63, 3.8) is 0 Å². The molecule has 0 aliphatic heterocycles. The highest BCUT2D eigenvalue weighted by Crippen LogP contribution is 2.24. The highest BCUT2D eigenvalue weighted by molar-refractivity contribution is 7.39. The third kappa shape index (κ3) is 4.72. The van der Waals surface area contributed by atoms with Crippen molar-refractivity contribution in [1.82, 2.24) is 0 Å². The first-order valence-corrected chi connectivity index (χ1v) is 7.03. The summed E-state index contributed by atoms with van der Waals surface area (Å²) in [6, 6.07) is 5.73. The van der Waals surface area contributed by atoms with Crippen LogP contribution in [0.5, 0.6) is 5.75 Å². The summed E-state index contributed by atoms with van der Waals surface area (Å²) in [6.45, 7) is 2.37. The number of ether oxygens (including phenoxy) is 1. The summed E-state index contributed by atoms with van der Waals surface area (Å²) in [4.78, 5) is 0. The summed E-state index contributed by atoms with van der Waals surface area (Å²) in [7, 11) is 0.134. The number of rotatable bonds is 7. The summed E-state index contributed by atoms with van der Waals surface area (Å²) in [6.07, 6.45) is 2.28. The topological polar surface area (TPSA) is 61.5 Å². The SMILES string of the molecule is CC[P+](=O)OCCCc1ccc(N)c(OC)c1. The maximum Gasteiger partial charge on any atom is 0.507 e. The van der Waals surface area contributed by atoms with Crippen molar-refractivity contribution in [2.45, 2.75) is 19.8 Å². The average molecular weight is 256 g/mol. The largest absolute Gasteiger partial charge is 0.507 e. The molecule has 17 heavy (non-hydrogen) atoms. The van der Waals surface area contributed by atoms with Gasteiger partial charge in [-0.15, -0.1) is 4.52 Å². The molecule has 1 atom stereocenters. The van der Waals surface area contributed by atoms with Gasteiger partial charge in [-0.1, -0.05) is 6.07 Å². The fourth-order valence-electron chi connectivity index (χ4n) is 1.45. The lowest BCUT2D eigenvalue weighted by Crippen LogP contribution is -1.96. The molecule has 2 N–H and O–H groups in total. The van der Waals surface area contributed by atoms with Gasteiger partial charge in [0.2, 0.25) is 0 Å². The first kappa shape index (κ1) is 13.9. The van der Waals surface area contributed by atoms with Crippen LogP contribution in [0.2, 0.25) is 0 Å². The van der Waals surface area contributed by atoms with Gasteiger partial charge in [0, 0.05) is 0 Å². The second-order valence-electron chi connectivity index (χ2n) is 3.66. The van der Waals surface area contributed by atoms with Crippen molar-refractivity contribution in [2.75, 3.05) is 25.6 Å². The van der Waals surface area contributed by atoms with Gasteiger partial charge in [0.05, 0.1) is 12.8 Å². The molecule has 1 aromatic carbocycles. The van der Waals surface area contributed by atoms with Crippen molar-refractivity contribution < 1.29 is 13.8 Å². The lowest BCUT2D eigenvalue weighted by Gasteiger charge is -2.06. The third-order valence-corrected chi connectivity index (χ3v) is 3.39. The van der Waals surface area contributed by atoms with Crippen LogP contribution in [0, 0.1) is 0 Å². The van der Waals surface area contributed by atoms with Gasteiger partial charge in [0.1, 0.15) is 12.4 Å². The summed E-state index contributed by atoms with van der Waals surface area (Å²) in [5, 5.41) is 0. The molecule has 4 nitrogen and oxygen atoms in total. The van der Waals surface area contributed by atoms with Crippen molar-refractivity contribution in [1.29, 1.82) is 0 Å². The Labute approximate surface area is 103 Å². The van der Waals surface area contributed by atoms with Crippen LogP contribution in [-0.2, 0) is 15.5 Å².